The Morgan fingerprint density at radius 1 is 1.38 bits per heavy atom. The monoisotopic (exact) mass is 298 g/mol. The standard InChI is InChI=1S/C15H20F2N2O2/c16-14(17)11-19(10-12-5-2-1-3-6-12)15(20)18-9-13-7-4-8-21-13/h1-3,5-6,13-14H,4,7-11H2,(H,18,20)/t13-/m0/s1. The summed E-state index contributed by atoms with van der Waals surface area (Å²) in [6.45, 7) is 0.660. The Labute approximate surface area is 123 Å². The van der Waals surface area contributed by atoms with Gasteiger partial charge in [0.2, 0.25) is 0 Å². The third kappa shape index (κ3) is 5.30. The lowest BCUT2D eigenvalue weighted by Gasteiger charge is -2.23. The number of nitrogens with one attached hydrogen (secondary N) is 1. The zero-order valence-electron chi connectivity index (χ0n) is 11.8. The largest absolute Gasteiger partial charge is 0.376 e. The number of nitrogens with zero attached hydrogens (tertiary/aromatic N) is 1. The molecule has 1 aliphatic rings. The minimum absolute atomic E-state index is 0.000856. The molecule has 1 aromatic rings. The van der Waals surface area contributed by atoms with Crippen molar-refractivity contribution >= 4 is 6.03 Å². The SMILES string of the molecule is O=C(NC[C@@H]1CCCO1)N(Cc1ccccc1)CC(F)F. The third-order valence-electron chi connectivity index (χ3n) is 3.37. The molecule has 116 valence electrons. The van der Waals surface area contributed by atoms with Crippen LogP contribution in [0.4, 0.5) is 13.6 Å². The maximum absolute atomic E-state index is 12.6. The minimum Gasteiger partial charge on any atom is -0.376 e. The first kappa shape index (κ1) is 15.7. The maximum atomic E-state index is 12.6. The molecule has 0 aromatic heterocycles. The number of alkyl halides is 2. The van der Waals surface area contributed by atoms with Crippen molar-refractivity contribution in [2.45, 2.75) is 31.9 Å². The minimum atomic E-state index is -2.55. The highest BCUT2D eigenvalue weighted by Gasteiger charge is 2.21. The van der Waals surface area contributed by atoms with Crippen LogP contribution in [0, 0.1) is 0 Å². The Morgan fingerprint density at radius 2 is 2.14 bits per heavy atom. The second kappa shape index (κ2) is 7.93. The maximum Gasteiger partial charge on any atom is 0.317 e. The van der Waals surface area contributed by atoms with Gasteiger partial charge in [0.1, 0.15) is 0 Å². The van der Waals surface area contributed by atoms with Gasteiger partial charge in [0.15, 0.2) is 0 Å². The zero-order chi connectivity index (χ0) is 15.1. The fourth-order valence-corrected chi connectivity index (χ4v) is 2.31. The zero-order valence-corrected chi connectivity index (χ0v) is 11.8. The van der Waals surface area contributed by atoms with Crippen LogP contribution in [0.5, 0.6) is 0 Å². The molecule has 1 N–H and O–H groups in total. The van der Waals surface area contributed by atoms with Crippen LogP contribution in [0.2, 0.25) is 0 Å². The normalized spacial score (nSPS) is 18.0. The number of rotatable bonds is 6. The average molecular weight is 298 g/mol. The highest BCUT2D eigenvalue weighted by molar-refractivity contribution is 5.74. The van der Waals surface area contributed by atoms with Gasteiger partial charge in [-0.2, -0.15) is 0 Å². The Hall–Kier alpha value is -1.69. The van der Waals surface area contributed by atoms with E-state index in [9.17, 15) is 13.6 Å². The lowest BCUT2D eigenvalue weighted by Crippen LogP contribution is -2.44. The van der Waals surface area contributed by atoms with Crippen LogP contribution in [0.25, 0.3) is 0 Å². The van der Waals surface area contributed by atoms with E-state index in [2.05, 4.69) is 5.32 Å². The molecular formula is C15H20F2N2O2. The molecule has 2 rings (SSSR count). The van der Waals surface area contributed by atoms with Crippen LogP contribution in [0.15, 0.2) is 30.3 Å². The van der Waals surface area contributed by atoms with Gasteiger partial charge in [-0.05, 0) is 18.4 Å². The Bertz CT molecular complexity index is 437. The van der Waals surface area contributed by atoms with Crippen molar-refractivity contribution < 1.29 is 18.3 Å². The third-order valence-corrected chi connectivity index (χ3v) is 3.37. The fourth-order valence-electron chi connectivity index (χ4n) is 2.31. The highest BCUT2D eigenvalue weighted by Crippen LogP contribution is 2.11. The molecule has 1 heterocycles. The molecule has 6 heteroatoms. The van der Waals surface area contributed by atoms with E-state index in [1.807, 2.05) is 30.3 Å². The number of halogens is 2. The van der Waals surface area contributed by atoms with Gasteiger partial charge in [0.05, 0.1) is 12.6 Å². The van der Waals surface area contributed by atoms with Crippen molar-refractivity contribution in [2.24, 2.45) is 0 Å². The molecule has 0 unspecified atom stereocenters. The van der Waals surface area contributed by atoms with Gasteiger partial charge in [0.25, 0.3) is 6.43 Å². The van der Waals surface area contributed by atoms with E-state index in [-0.39, 0.29) is 12.6 Å². The second-order valence-corrected chi connectivity index (χ2v) is 5.08. The first-order chi connectivity index (χ1) is 10.1. The number of carbonyl (C=O) groups is 1. The lowest BCUT2D eigenvalue weighted by atomic mass is 10.2. The Balaban J connectivity index is 1.89. The van der Waals surface area contributed by atoms with Crippen LogP contribution in [-0.4, -0.2) is 43.2 Å². The highest BCUT2D eigenvalue weighted by atomic mass is 19.3. The number of hydrogen-bond donors (Lipinski definition) is 1. The summed E-state index contributed by atoms with van der Waals surface area (Å²) in [6, 6.07) is 8.63. The van der Waals surface area contributed by atoms with Crippen LogP contribution >= 0.6 is 0 Å². The van der Waals surface area contributed by atoms with Gasteiger partial charge in [-0.1, -0.05) is 30.3 Å². The molecule has 1 aliphatic heterocycles. The summed E-state index contributed by atoms with van der Waals surface area (Å²) in [7, 11) is 0. The van der Waals surface area contributed by atoms with E-state index in [0.29, 0.717) is 13.2 Å². The summed E-state index contributed by atoms with van der Waals surface area (Å²) in [5.74, 6) is 0. The quantitative estimate of drug-likeness (QED) is 0.877. The molecule has 1 saturated heterocycles. The number of carbonyl (C=O) groups excluding carboxylic acids is 1. The van der Waals surface area contributed by atoms with Crippen LogP contribution in [-0.2, 0) is 11.3 Å². The van der Waals surface area contributed by atoms with E-state index < -0.39 is 19.0 Å². The molecule has 0 radical (unpaired) electrons. The lowest BCUT2D eigenvalue weighted by molar-refractivity contribution is 0.0890. The average Bonchev–Trinajstić information content (AvgIpc) is 2.98. The van der Waals surface area contributed by atoms with Crippen molar-refractivity contribution in [2.75, 3.05) is 19.7 Å². The first-order valence-electron chi connectivity index (χ1n) is 7.11. The molecule has 0 saturated carbocycles. The molecule has 0 spiro atoms. The van der Waals surface area contributed by atoms with Gasteiger partial charge in [-0.25, -0.2) is 13.6 Å². The van der Waals surface area contributed by atoms with Crippen LogP contribution < -0.4 is 5.32 Å². The molecule has 2 amide bonds. The van der Waals surface area contributed by atoms with E-state index in [0.717, 1.165) is 23.3 Å². The number of ether oxygens (including phenoxy) is 1. The van der Waals surface area contributed by atoms with Crippen molar-refractivity contribution in [3.05, 3.63) is 35.9 Å². The molecule has 1 atom stereocenters. The molecule has 1 fully saturated rings. The van der Waals surface area contributed by atoms with E-state index in [1.54, 1.807) is 0 Å². The Morgan fingerprint density at radius 3 is 2.76 bits per heavy atom. The number of urea groups is 1. The van der Waals surface area contributed by atoms with Gasteiger partial charge in [-0.3, -0.25) is 0 Å². The van der Waals surface area contributed by atoms with Crippen molar-refractivity contribution in [3.8, 4) is 0 Å². The summed E-state index contributed by atoms with van der Waals surface area (Å²) < 4.78 is 30.7. The Kier molecular flexibility index (Phi) is 5.92. The summed E-state index contributed by atoms with van der Waals surface area (Å²) in [5, 5.41) is 2.68. The molecular weight excluding hydrogens is 278 g/mol. The second-order valence-electron chi connectivity index (χ2n) is 5.08. The molecule has 0 aliphatic carbocycles. The van der Waals surface area contributed by atoms with Gasteiger partial charge in [0, 0.05) is 19.7 Å². The van der Waals surface area contributed by atoms with Crippen molar-refractivity contribution in [1.29, 1.82) is 0 Å². The molecule has 21 heavy (non-hydrogen) atoms. The summed E-state index contributed by atoms with van der Waals surface area (Å²) in [4.78, 5) is 13.2. The number of amides is 2. The van der Waals surface area contributed by atoms with Gasteiger partial charge < -0.3 is 15.0 Å². The van der Waals surface area contributed by atoms with Crippen LogP contribution in [0.3, 0.4) is 0 Å². The number of hydrogen-bond acceptors (Lipinski definition) is 2. The van der Waals surface area contributed by atoms with E-state index in [1.165, 1.54) is 0 Å². The predicted molar refractivity (Wildman–Crippen MR) is 75.2 cm³/mol. The molecule has 4 nitrogen and oxygen atoms in total. The summed E-state index contributed by atoms with van der Waals surface area (Å²) in [5.41, 5.74) is 0.824. The molecule has 1 aromatic carbocycles. The summed E-state index contributed by atoms with van der Waals surface area (Å²) in [6.07, 6.45) is -0.680. The van der Waals surface area contributed by atoms with E-state index in [4.69, 9.17) is 4.74 Å². The molecule has 0 bridgehead atoms. The van der Waals surface area contributed by atoms with E-state index >= 15 is 0 Å². The predicted octanol–water partition coefficient (Wildman–Crippen LogP) is 2.64. The van der Waals surface area contributed by atoms with Crippen molar-refractivity contribution in [3.63, 3.8) is 0 Å². The number of benzene rings is 1. The fraction of sp³-hybridized carbons (Fsp3) is 0.533. The first-order valence-corrected chi connectivity index (χ1v) is 7.11. The van der Waals surface area contributed by atoms with Gasteiger partial charge in [-0.15, -0.1) is 0 Å². The van der Waals surface area contributed by atoms with Crippen molar-refractivity contribution in [1.82, 2.24) is 10.2 Å². The summed E-state index contributed by atoms with van der Waals surface area (Å²) >= 11 is 0. The topological polar surface area (TPSA) is 41.6 Å². The van der Waals surface area contributed by atoms with Gasteiger partial charge >= 0.3 is 6.03 Å². The smallest absolute Gasteiger partial charge is 0.317 e. The van der Waals surface area contributed by atoms with Crippen LogP contribution in [0.1, 0.15) is 18.4 Å².